The van der Waals surface area contributed by atoms with Crippen molar-refractivity contribution < 1.29 is 8.92 Å². The molecule has 0 aromatic heterocycles. The zero-order valence-corrected chi connectivity index (χ0v) is 11.1. The quantitative estimate of drug-likeness (QED) is 0.343. The molecule has 1 rings (SSSR count). The third-order valence-corrected chi connectivity index (χ3v) is 3.48. The molecule has 0 N–H and O–H groups in total. The number of ether oxygens (including phenoxy) is 1. The highest BCUT2D eigenvalue weighted by Crippen LogP contribution is 2.31. The lowest BCUT2D eigenvalue weighted by atomic mass is 10.0. The minimum Gasteiger partial charge on any atom is -0.371 e. The Kier molecular flexibility index (Phi) is 6.02. The predicted octanol–water partition coefficient (Wildman–Crippen LogP) is 3.80. The molecule has 0 aromatic rings. The second-order valence-corrected chi connectivity index (χ2v) is 6.40. The number of epoxide rings is 1. The van der Waals surface area contributed by atoms with Gasteiger partial charge in [0.25, 0.3) is 0 Å². The fraction of sp³-hybridized carbons (Fsp3) is 1.00. The maximum Gasteiger partial charge on any atom is 0.105 e. The largest absolute Gasteiger partial charge is 0.371 e. The van der Waals surface area contributed by atoms with E-state index in [-0.39, 0.29) is 4.75 Å². The van der Waals surface area contributed by atoms with Crippen LogP contribution in [0.5, 0.6) is 0 Å². The molecule has 0 aliphatic carbocycles. The normalized spacial score (nSPS) is 20.6. The third-order valence-electron chi connectivity index (χ3n) is 2.57. The summed E-state index contributed by atoms with van der Waals surface area (Å²) in [6.07, 6.45) is 6.96. The smallest absolute Gasteiger partial charge is 0.105 e. The molecule has 0 aromatic carbocycles. The summed E-state index contributed by atoms with van der Waals surface area (Å²) in [5.41, 5.74) is 0. The Hall–Kier alpha value is 0.270. The summed E-state index contributed by atoms with van der Waals surface area (Å²) in [4.78, 5) is 0. The van der Waals surface area contributed by atoms with Gasteiger partial charge in [-0.3, -0.25) is 0 Å². The van der Waals surface area contributed by atoms with Crippen LogP contribution in [0.2, 0.25) is 0 Å². The first-order valence-corrected chi connectivity index (χ1v) is 6.80. The Morgan fingerprint density at radius 2 is 2.07 bits per heavy atom. The van der Waals surface area contributed by atoms with Crippen LogP contribution in [-0.4, -0.2) is 24.1 Å². The number of unbranched alkanes of at least 4 members (excludes halogenated alkanes) is 3. The Morgan fingerprint density at radius 3 is 2.67 bits per heavy atom. The van der Waals surface area contributed by atoms with E-state index >= 15 is 0 Å². The van der Waals surface area contributed by atoms with Crippen LogP contribution in [-0.2, 0) is 8.92 Å². The Balaban J connectivity index is 1.96. The second kappa shape index (κ2) is 6.77. The minimum atomic E-state index is 0.253. The molecule has 1 saturated heterocycles. The van der Waals surface area contributed by atoms with Gasteiger partial charge in [0.05, 0.1) is 13.2 Å². The molecule has 0 radical (unpaired) electrons. The number of hydrogen-bond acceptors (Lipinski definition) is 3. The van der Waals surface area contributed by atoms with Crippen molar-refractivity contribution in [3.63, 3.8) is 0 Å². The Labute approximate surface area is 98.3 Å². The molecule has 1 fully saturated rings. The standard InChI is InChI=1S/C12H24O2S/c1-4-5-6-7-8-12(2,3)15-14-10-11-9-13-11/h11H,4-10H2,1-3H3. The van der Waals surface area contributed by atoms with Crippen molar-refractivity contribution >= 4 is 12.0 Å². The molecule has 0 spiro atoms. The molecule has 1 aliphatic heterocycles. The first kappa shape index (κ1) is 13.3. The van der Waals surface area contributed by atoms with E-state index < -0.39 is 0 Å². The summed E-state index contributed by atoms with van der Waals surface area (Å²) in [6, 6.07) is 0. The van der Waals surface area contributed by atoms with E-state index in [1.165, 1.54) is 32.1 Å². The highest BCUT2D eigenvalue weighted by molar-refractivity contribution is 7.96. The summed E-state index contributed by atoms with van der Waals surface area (Å²) in [5, 5.41) is 0. The van der Waals surface area contributed by atoms with Crippen LogP contribution in [0.1, 0.15) is 52.9 Å². The van der Waals surface area contributed by atoms with Crippen molar-refractivity contribution in [1.82, 2.24) is 0 Å². The van der Waals surface area contributed by atoms with Gasteiger partial charge < -0.3 is 8.92 Å². The van der Waals surface area contributed by atoms with Crippen LogP contribution in [0.4, 0.5) is 0 Å². The molecule has 2 nitrogen and oxygen atoms in total. The summed E-state index contributed by atoms with van der Waals surface area (Å²) < 4.78 is 10.9. The van der Waals surface area contributed by atoms with Gasteiger partial charge in [-0.15, -0.1) is 0 Å². The van der Waals surface area contributed by atoms with Crippen molar-refractivity contribution in [2.24, 2.45) is 0 Å². The molecule has 1 unspecified atom stereocenters. The molecule has 0 bridgehead atoms. The van der Waals surface area contributed by atoms with E-state index in [9.17, 15) is 0 Å². The van der Waals surface area contributed by atoms with Gasteiger partial charge in [-0.05, 0) is 32.3 Å². The van der Waals surface area contributed by atoms with Gasteiger partial charge in [0.1, 0.15) is 6.10 Å². The van der Waals surface area contributed by atoms with Crippen LogP contribution in [0, 0.1) is 0 Å². The highest BCUT2D eigenvalue weighted by Gasteiger charge is 2.25. The lowest BCUT2D eigenvalue weighted by Crippen LogP contribution is -2.16. The maximum absolute atomic E-state index is 5.57. The molecule has 3 heteroatoms. The van der Waals surface area contributed by atoms with Crippen molar-refractivity contribution in [3.05, 3.63) is 0 Å². The SMILES string of the molecule is CCCCCCC(C)(C)SOCC1CO1. The predicted molar refractivity (Wildman–Crippen MR) is 66.1 cm³/mol. The van der Waals surface area contributed by atoms with Crippen LogP contribution >= 0.6 is 12.0 Å². The monoisotopic (exact) mass is 232 g/mol. The second-order valence-electron chi connectivity index (χ2n) is 4.89. The van der Waals surface area contributed by atoms with Gasteiger partial charge in [-0.1, -0.05) is 32.6 Å². The highest BCUT2D eigenvalue weighted by atomic mass is 32.2. The van der Waals surface area contributed by atoms with E-state index in [4.69, 9.17) is 8.92 Å². The fourth-order valence-electron chi connectivity index (χ4n) is 1.45. The first-order valence-electron chi connectivity index (χ1n) is 6.06. The molecule has 1 aliphatic rings. The minimum absolute atomic E-state index is 0.253. The van der Waals surface area contributed by atoms with E-state index in [1.807, 2.05) is 0 Å². The molecular formula is C12H24O2S. The average molecular weight is 232 g/mol. The van der Waals surface area contributed by atoms with Gasteiger partial charge in [0.2, 0.25) is 0 Å². The van der Waals surface area contributed by atoms with Gasteiger partial charge >= 0.3 is 0 Å². The molecule has 0 amide bonds. The molecule has 90 valence electrons. The molecule has 1 heterocycles. The van der Waals surface area contributed by atoms with Crippen LogP contribution < -0.4 is 0 Å². The first-order chi connectivity index (χ1) is 7.14. The summed E-state index contributed by atoms with van der Waals surface area (Å²) in [7, 11) is 0. The Morgan fingerprint density at radius 1 is 1.33 bits per heavy atom. The van der Waals surface area contributed by atoms with Crippen molar-refractivity contribution in [2.45, 2.75) is 63.7 Å². The van der Waals surface area contributed by atoms with Crippen LogP contribution in [0.3, 0.4) is 0 Å². The summed E-state index contributed by atoms with van der Waals surface area (Å²) in [5.74, 6) is 0. The van der Waals surface area contributed by atoms with E-state index in [2.05, 4.69) is 20.8 Å². The van der Waals surface area contributed by atoms with Crippen molar-refractivity contribution in [2.75, 3.05) is 13.2 Å². The van der Waals surface area contributed by atoms with E-state index in [0.29, 0.717) is 6.10 Å². The van der Waals surface area contributed by atoms with Gasteiger partial charge in [-0.25, -0.2) is 0 Å². The zero-order valence-electron chi connectivity index (χ0n) is 10.3. The van der Waals surface area contributed by atoms with Gasteiger partial charge in [-0.2, -0.15) is 0 Å². The maximum atomic E-state index is 5.57. The van der Waals surface area contributed by atoms with Crippen LogP contribution in [0.25, 0.3) is 0 Å². The molecular weight excluding hydrogens is 208 g/mol. The zero-order chi connectivity index (χ0) is 11.1. The lowest BCUT2D eigenvalue weighted by Gasteiger charge is -2.22. The van der Waals surface area contributed by atoms with Gasteiger partial charge in [0, 0.05) is 4.75 Å². The molecule has 15 heavy (non-hydrogen) atoms. The third kappa shape index (κ3) is 7.20. The topological polar surface area (TPSA) is 21.8 Å². The van der Waals surface area contributed by atoms with E-state index in [0.717, 1.165) is 13.2 Å². The summed E-state index contributed by atoms with van der Waals surface area (Å²) >= 11 is 1.63. The number of hydrogen-bond donors (Lipinski definition) is 0. The van der Waals surface area contributed by atoms with Crippen LogP contribution in [0.15, 0.2) is 0 Å². The lowest BCUT2D eigenvalue weighted by molar-refractivity contribution is 0.290. The Bertz CT molecular complexity index is 167. The molecule has 0 saturated carbocycles. The van der Waals surface area contributed by atoms with Crippen molar-refractivity contribution in [3.8, 4) is 0 Å². The van der Waals surface area contributed by atoms with E-state index in [1.54, 1.807) is 12.0 Å². The summed E-state index contributed by atoms with van der Waals surface area (Å²) in [6.45, 7) is 8.41. The van der Waals surface area contributed by atoms with Crippen molar-refractivity contribution in [1.29, 1.82) is 0 Å². The fourth-order valence-corrected chi connectivity index (χ4v) is 2.22. The molecule has 1 atom stereocenters. The number of rotatable bonds is 9. The average Bonchev–Trinajstić information content (AvgIpc) is 2.96. The van der Waals surface area contributed by atoms with Gasteiger partial charge in [0.15, 0.2) is 0 Å².